The average molecular weight is 283 g/mol. The summed E-state index contributed by atoms with van der Waals surface area (Å²) in [6.07, 6.45) is 1.16. The lowest BCUT2D eigenvalue weighted by atomic mass is 10.1. The standard InChI is InChI=1S/C14H19ClN2S/c1-9(2)7-11-8-18-14(16-11)17-13-6-4-5-12(15)10(13)3/h4-6,9,11H,7-8H2,1-3H3,(H,16,17). The van der Waals surface area contributed by atoms with Crippen molar-refractivity contribution >= 4 is 34.2 Å². The van der Waals surface area contributed by atoms with Crippen LogP contribution in [-0.2, 0) is 0 Å². The molecule has 0 bridgehead atoms. The normalized spacial score (nSPS) is 19.2. The van der Waals surface area contributed by atoms with Gasteiger partial charge in [-0.15, -0.1) is 0 Å². The molecule has 0 radical (unpaired) electrons. The Labute approximate surface area is 118 Å². The van der Waals surface area contributed by atoms with Gasteiger partial charge in [0.25, 0.3) is 0 Å². The third kappa shape index (κ3) is 3.42. The van der Waals surface area contributed by atoms with Crippen molar-refractivity contribution < 1.29 is 0 Å². The van der Waals surface area contributed by atoms with Crippen LogP contribution in [0.4, 0.5) is 5.69 Å². The van der Waals surface area contributed by atoms with Crippen molar-refractivity contribution in [1.29, 1.82) is 0 Å². The van der Waals surface area contributed by atoms with Crippen LogP contribution in [0.2, 0.25) is 5.02 Å². The molecule has 0 spiro atoms. The molecule has 2 rings (SSSR count). The number of nitrogens with zero attached hydrogens (tertiary/aromatic N) is 1. The molecule has 4 heteroatoms. The Balaban J connectivity index is 2.04. The number of hydrogen-bond donors (Lipinski definition) is 1. The zero-order chi connectivity index (χ0) is 13.1. The molecule has 98 valence electrons. The molecule has 0 amide bonds. The van der Waals surface area contributed by atoms with Crippen LogP contribution in [0.3, 0.4) is 0 Å². The number of aliphatic imine (C=N–C) groups is 1. The van der Waals surface area contributed by atoms with Crippen LogP contribution in [0.5, 0.6) is 0 Å². The first-order valence-electron chi connectivity index (χ1n) is 6.29. The zero-order valence-electron chi connectivity index (χ0n) is 11.0. The van der Waals surface area contributed by atoms with Gasteiger partial charge in [0, 0.05) is 16.5 Å². The molecule has 0 saturated heterocycles. The van der Waals surface area contributed by atoms with Crippen LogP contribution in [0, 0.1) is 12.8 Å². The summed E-state index contributed by atoms with van der Waals surface area (Å²) in [5, 5.41) is 5.19. The molecule has 1 aliphatic rings. The fourth-order valence-electron chi connectivity index (χ4n) is 2.01. The van der Waals surface area contributed by atoms with Crippen molar-refractivity contribution in [3.05, 3.63) is 28.8 Å². The van der Waals surface area contributed by atoms with Crippen molar-refractivity contribution in [3.63, 3.8) is 0 Å². The molecular formula is C14H19ClN2S. The summed E-state index contributed by atoms with van der Waals surface area (Å²) in [5.74, 6) is 1.78. The summed E-state index contributed by atoms with van der Waals surface area (Å²) in [7, 11) is 0. The van der Waals surface area contributed by atoms with E-state index in [2.05, 4.69) is 19.2 Å². The number of thioether (sulfide) groups is 1. The number of rotatable bonds is 3. The van der Waals surface area contributed by atoms with E-state index in [0.717, 1.165) is 33.6 Å². The van der Waals surface area contributed by atoms with E-state index in [4.69, 9.17) is 16.6 Å². The highest BCUT2D eigenvalue weighted by atomic mass is 35.5. The molecule has 1 aromatic carbocycles. The van der Waals surface area contributed by atoms with Gasteiger partial charge in [0.1, 0.15) is 0 Å². The van der Waals surface area contributed by atoms with Crippen LogP contribution in [-0.4, -0.2) is 17.0 Å². The molecule has 1 aromatic rings. The van der Waals surface area contributed by atoms with Gasteiger partial charge >= 0.3 is 0 Å². The third-order valence-corrected chi connectivity index (χ3v) is 4.41. The largest absolute Gasteiger partial charge is 0.335 e. The lowest BCUT2D eigenvalue weighted by Gasteiger charge is -2.09. The topological polar surface area (TPSA) is 24.4 Å². The van der Waals surface area contributed by atoms with Gasteiger partial charge in [0.05, 0.1) is 6.04 Å². The van der Waals surface area contributed by atoms with Crippen LogP contribution in [0.1, 0.15) is 25.8 Å². The molecular weight excluding hydrogens is 264 g/mol. The molecule has 1 unspecified atom stereocenters. The van der Waals surface area contributed by atoms with Gasteiger partial charge in [-0.2, -0.15) is 0 Å². The summed E-state index contributed by atoms with van der Waals surface area (Å²) in [6, 6.07) is 6.37. The van der Waals surface area contributed by atoms with E-state index in [0.29, 0.717) is 12.0 Å². The molecule has 0 saturated carbocycles. The predicted molar refractivity (Wildman–Crippen MR) is 82.9 cm³/mol. The molecule has 1 aliphatic heterocycles. The first-order valence-corrected chi connectivity index (χ1v) is 7.65. The lowest BCUT2D eigenvalue weighted by molar-refractivity contribution is 0.529. The van der Waals surface area contributed by atoms with E-state index in [1.165, 1.54) is 0 Å². The Hall–Kier alpha value is -0.670. The Kier molecular flexibility index (Phi) is 4.57. The monoisotopic (exact) mass is 282 g/mol. The fraction of sp³-hybridized carbons (Fsp3) is 0.500. The van der Waals surface area contributed by atoms with Crippen LogP contribution >= 0.6 is 23.4 Å². The van der Waals surface area contributed by atoms with Crippen LogP contribution in [0.25, 0.3) is 0 Å². The SMILES string of the molecule is Cc1c(Cl)cccc1NC1=NC(CC(C)C)CS1. The number of halogens is 1. The second kappa shape index (κ2) is 5.98. The quantitative estimate of drug-likeness (QED) is 0.878. The van der Waals surface area contributed by atoms with E-state index < -0.39 is 0 Å². The number of anilines is 1. The summed E-state index contributed by atoms with van der Waals surface area (Å²) in [4.78, 5) is 4.72. The number of nitrogens with one attached hydrogen (secondary N) is 1. The lowest BCUT2D eigenvalue weighted by Crippen LogP contribution is -2.08. The molecule has 0 aromatic heterocycles. The van der Waals surface area contributed by atoms with Crippen molar-refractivity contribution in [1.82, 2.24) is 0 Å². The molecule has 0 aliphatic carbocycles. The molecule has 2 nitrogen and oxygen atoms in total. The molecule has 18 heavy (non-hydrogen) atoms. The van der Waals surface area contributed by atoms with Gasteiger partial charge in [0.15, 0.2) is 5.17 Å². The Morgan fingerprint density at radius 3 is 3.00 bits per heavy atom. The highest BCUT2D eigenvalue weighted by molar-refractivity contribution is 8.14. The summed E-state index contributed by atoms with van der Waals surface area (Å²) >= 11 is 7.91. The fourth-order valence-corrected chi connectivity index (χ4v) is 3.15. The highest BCUT2D eigenvalue weighted by Crippen LogP contribution is 2.27. The van der Waals surface area contributed by atoms with Gasteiger partial charge < -0.3 is 5.32 Å². The van der Waals surface area contributed by atoms with Crippen molar-refractivity contribution in [2.75, 3.05) is 11.1 Å². The van der Waals surface area contributed by atoms with Crippen molar-refractivity contribution in [3.8, 4) is 0 Å². The van der Waals surface area contributed by atoms with E-state index in [9.17, 15) is 0 Å². The molecule has 1 heterocycles. The zero-order valence-corrected chi connectivity index (χ0v) is 12.6. The van der Waals surface area contributed by atoms with Gasteiger partial charge in [-0.3, -0.25) is 4.99 Å². The van der Waals surface area contributed by atoms with E-state index in [-0.39, 0.29) is 0 Å². The second-order valence-electron chi connectivity index (χ2n) is 5.07. The molecule has 1 N–H and O–H groups in total. The van der Waals surface area contributed by atoms with Gasteiger partial charge in [-0.25, -0.2) is 0 Å². The summed E-state index contributed by atoms with van der Waals surface area (Å²) in [5.41, 5.74) is 2.13. The highest BCUT2D eigenvalue weighted by Gasteiger charge is 2.19. The maximum Gasteiger partial charge on any atom is 0.161 e. The summed E-state index contributed by atoms with van der Waals surface area (Å²) < 4.78 is 0. The third-order valence-electron chi connectivity index (χ3n) is 2.97. The van der Waals surface area contributed by atoms with Crippen molar-refractivity contribution in [2.45, 2.75) is 33.2 Å². The van der Waals surface area contributed by atoms with E-state index in [1.54, 1.807) is 11.8 Å². The van der Waals surface area contributed by atoms with Crippen molar-refractivity contribution in [2.24, 2.45) is 10.9 Å². The average Bonchev–Trinajstić information content (AvgIpc) is 2.71. The Morgan fingerprint density at radius 2 is 2.28 bits per heavy atom. The first-order chi connectivity index (χ1) is 8.56. The Morgan fingerprint density at radius 1 is 1.50 bits per heavy atom. The van der Waals surface area contributed by atoms with Crippen LogP contribution in [0.15, 0.2) is 23.2 Å². The van der Waals surface area contributed by atoms with E-state index >= 15 is 0 Å². The Bertz CT molecular complexity index is 457. The maximum atomic E-state index is 6.11. The maximum absolute atomic E-state index is 6.11. The second-order valence-corrected chi connectivity index (χ2v) is 6.48. The predicted octanol–water partition coefficient (Wildman–Crippen LogP) is 4.58. The minimum Gasteiger partial charge on any atom is -0.335 e. The number of benzene rings is 1. The smallest absolute Gasteiger partial charge is 0.161 e. The van der Waals surface area contributed by atoms with Gasteiger partial charge in [-0.05, 0) is 37.0 Å². The molecule has 0 fully saturated rings. The van der Waals surface area contributed by atoms with E-state index in [1.807, 2.05) is 25.1 Å². The molecule has 1 atom stereocenters. The summed E-state index contributed by atoms with van der Waals surface area (Å²) in [6.45, 7) is 6.51. The van der Waals surface area contributed by atoms with Gasteiger partial charge in [-0.1, -0.05) is 43.3 Å². The minimum atomic E-state index is 0.456. The minimum absolute atomic E-state index is 0.456. The number of amidine groups is 1. The first kappa shape index (κ1) is 13.8. The van der Waals surface area contributed by atoms with Gasteiger partial charge in [0.2, 0.25) is 0 Å². The van der Waals surface area contributed by atoms with Crippen LogP contribution < -0.4 is 5.32 Å². The number of hydrogen-bond acceptors (Lipinski definition) is 3.